The summed E-state index contributed by atoms with van der Waals surface area (Å²) in [4.78, 5) is 13.9. The van der Waals surface area contributed by atoms with Gasteiger partial charge in [0, 0.05) is 47.2 Å². The number of ether oxygens (including phenoxy) is 1. The predicted octanol–water partition coefficient (Wildman–Crippen LogP) is 4.31. The number of aromatic nitrogens is 3. The van der Waals surface area contributed by atoms with E-state index in [-0.39, 0.29) is 12.4 Å². The molecule has 3 aromatic rings. The van der Waals surface area contributed by atoms with Crippen LogP contribution < -0.4 is 10.5 Å². The maximum Gasteiger partial charge on any atom is 0.406 e. The molecule has 0 radical (unpaired) electrons. The molecule has 1 aliphatic rings. The van der Waals surface area contributed by atoms with Crippen molar-refractivity contribution in [2.45, 2.75) is 38.6 Å². The number of aliphatic hydroxyl groups is 1. The van der Waals surface area contributed by atoms with Crippen LogP contribution in [-0.4, -0.2) is 50.8 Å². The van der Waals surface area contributed by atoms with Gasteiger partial charge in [0.25, 0.3) is 0 Å². The molecule has 0 bridgehead atoms. The number of imidazole rings is 1. The number of thiazole rings is 1. The van der Waals surface area contributed by atoms with Crippen molar-refractivity contribution in [3.8, 4) is 27.8 Å². The van der Waals surface area contributed by atoms with Crippen LogP contribution in [0.15, 0.2) is 41.8 Å². The summed E-state index contributed by atoms with van der Waals surface area (Å²) in [6.07, 6.45) is 1.90. The van der Waals surface area contributed by atoms with E-state index in [4.69, 9.17) is 10.5 Å². The van der Waals surface area contributed by atoms with E-state index < -0.39 is 18.3 Å². The standard InChI is InChI=1S/C23H24F3N5O2S/c1-22(2,32)12-28-11-15(10-27)14-3-4-16-17(9-14)33-8-5-18-19(16)30-21(34-18)20-29-6-7-31(20)13-23(24,25)26/h3-4,6-7,9-11,32H,5,8,12-13,27H2,1-2H3. The van der Waals surface area contributed by atoms with Crippen molar-refractivity contribution in [1.29, 1.82) is 0 Å². The maximum atomic E-state index is 12.9. The van der Waals surface area contributed by atoms with Gasteiger partial charge in [0.1, 0.15) is 12.3 Å². The summed E-state index contributed by atoms with van der Waals surface area (Å²) in [6, 6.07) is 5.55. The van der Waals surface area contributed by atoms with Crippen LogP contribution >= 0.6 is 11.3 Å². The van der Waals surface area contributed by atoms with Gasteiger partial charge in [0.05, 0.1) is 24.4 Å². The lowest BCUT2D eigenvalue weighted by atomic mass is 10.0. The Hall–Kier alpha value is -3.18. The van der Waals surface area contributed by atoms with Gasteiger partial charge in [0.15, 0.2) is 10.8 Å². The predicted molar refractivity (Wildman–Crippen MR) is 126 cm³/mol. The van der Waals surface area contributed by atoms with Crippen molar-refractivity contribution in [2.24, 2.45) is 10.7 Å². The SMILES string of the molecule is CC(C)(O)CN=CC(=CN)c1ccc2c(c1)OCCc1sc(-c3nccn3CC(F)(F)F)nc1-2. The molecule has 3 heterocycles. The molecule has 0 atom stereocenters. The first-order chi connectivity index (χ1) is 16.0. The molecule has 3 N–H and O–H groups in total. The van der Waals surface area contributed by atoms with E-state index >= 15 is 0 Å². The summed E-state index contributed by atoms with van der Waals surface area (Å²) < 4.78 is 45.8. The zero-order chi connectivity index (χ0) is 24.5. The number of benzene rings is 1. The van der Waals surface area contributed by atoms with Crippen LogP contribution in [0.1, 0.15) is 24.3 Å². The van der Waals surface area contributed by atoms with Gasteiger partial charge in [-0.1, -0.05) is 6.07 Å². The Morgan fingerprint density at radius 3 is 2.85 bits per heavy atom. The minimum absolute atomic E-state index is 0.186. The second-order valence-electron chi connectivity index (χ2n) is 8.50. The number of nitrogens with zero attached hydrogens (tertiary/aromatic N) is 4. The maximum absolute atomic E-state index is 12.9. The Morgan fingerprint density at radius 1 is 1.35 bits per heavy atom. The fourth-order valence-corrected chi connectivity index (χ4v) is 4.58. The lowest BCUT2D eigenvalue weighted by Gasteiger charge is -2.13. The van der Waals surface area contributed by atoms with Crippen molar-refractivity contribution in [1.82, 2.24) is 14.5 Å². The van der Waals surface area contributed by atoms with Crippen LogP contribution in [0, 0.1) is 0 Å². The average Bonchev–Trinajstić information content (AvgIpc) is 3.32. The molecule has 0 unspecified atom stereocenters. The Bertz CT molecular complexity index is 1240. The minimum atomic E-state index is -4.36. The second kappa shape index (κ2) is 9.22. The molecule has 34 heavy (non-hydrogen) atoms. The van der Waals surface area contributed by atoms with Crippen molar-refractivity contribution in [2.75, 3.05) is 13.2 Å². The number of halogens is 3. The molecular weight excluding hydrogens is 467 g/mol. The Kier molecular flexibility index (Phi) is 6.50. The molecular formula is C23H24F3N5O2S. The molecule has 1 aromatic carbocycles. The topological polar surface area (TPSA) is 98.5 Å². The number of hydrogen-bond donors (Lipinski definition) is 2. The summed E-state index contributed by atoms with van der Waals surface area (Å²) >= 11 is 1.32. The molecule has 2 aromatic heterocycles. The van der Waals surface area contributed by atoms with Gasteiger partial charge in [0.2, 0.25) is 0 Å². The number of fused-ring (bicyclic) bond motifs is 3. The van der Waals surface area contributed by atoms with Gasteiger partial charge in [-0.15, -0.1) is 11.3 Å². The summed E-state index contributed by atoms with van der Waals surface area (Å²) in [5.41, 5.74) is 7.73. The van der Waals surface area contributed by atoms with Crippen LogP contribution in [-0.2, 0) is 13.0 Å². The number of alkyl halides is 3. The highest BCUT2D eigenvalue weighted by Crippen LogP contribution is 2.41. The summed E-state index contributed by atoms with van der Waals surface area (Å²) in [5, 5.41) is 10.3. The second-order valence-corrected chi connectivity index (χ2v) is 9.58. The van der Waals surface area contributed by atoms with E-state index in [1.54, 1.807) is 20.1 Å². The minimum Gasteiger partial charge on any atom is -0.492 e. The van der Waals surface area contributed by atoms with Crippen molar-refractivity contribution in [3.63, 3.8) is 0 Å². The number of aliphatic imine (C=N–C) groups is 1. The fraction of sp³-hybridized carbons (Fsp3) is 0.348. The highest BCUT2D eigenvalue weighted by Gasteiger charge is 2.30. The van der Waals surface area contributed by atoms with Crippen LogP contribution in [0.5, 0.6) is 5.75 Å². The largest absolute Gasteiger partial charge is 0.492 e. The fourth-order valence-electron chi connectivity index (χ4n) is 3.51. The first-order valence-electron chi connectivity index (χ1n) is 10.5. The summed E-state index contributed by atoms with van der Waals surface area (Å²) in [5.74, 6) is 0.785. The first-order valence-corrected chi connectivity index (χ1v) is 11.4. The van der Waals surface area contributed by atoms with E-state index in [0.29, 0.717) is 35.1 Å². The van der Waals surface area contributed by atoms with Gasteiger partial charge >= 0.3 is 6.18 Å². The van der Waals surface area contributed by atoms with Crippen LogP contribution in [0.3, 0.4) is 0 Å². The lowest BCUT2D eigenvalue weighted by Crippen LogP contribution is -2.22. The molecule has 4 rings (SSSR count). The van der Waals surface area contributed by atoms with Gasteiger partial charge < -0.3 is 20.1 Å². The monoisotopic (exact) mass is 491 g/mol. The van der Waals surface area contributed by atoms with Crippen LogP contribution in [0.2, 0.25) is 0 Å². The van der Waals surface area contributed by atoms with E-state index in [2.05, 4.69) is 15.0 Å². The van der Waals surface area contributed by atoms with Gasteiger partial charge in [-0.05, 0) is 31.5 Å². The van der Waals surface area contributed by atoms with Crippen LogP contribution in [0.4, 0.5) is 13.2 Å². The zero-order valence-electron chi connectivity index (χ0n) is 18.6. The van der Waals surface area contributed by atoms with E-state index in [9.17, 15) is 18.3 Å². The number of nitrogens with two attached hydrogens (primary N) is 1. The molecule has 180 valence electrons. The van der Waals surface area contributed by atoms with Gasteiger partial charge in [-0.2, -0.15) is 13.2 Å². The van der Waals surface area contributed by atoms with Crippen molar-refractivity contribution in [3.05, 3.63) is 47.2 Å². The van der Waals surface area contributed by atoms with Crippen molar-refractivity contribution < 1.29 is 23.0 Å². The van der Waals surface area contributed by atoms with E-state index in [1.165, 1.54) is 29.9 Å². The molecule has 0 saturated carbocycles. The third-order valence-electron chi connectivity index (χ3n) is 5.00. The van der Waals surface area contributed by atoms with E-state index in [0.717, 1.165) is 20.6 Å². The Balaban J connectivity index is 1.66. The highest BCUT2D eigenvalue weighted by atomic mass is 32.1. The van der Waals surface area contributed by atoms with Gasteiger partial charge in [-0.25, -0.2) is 9.97 Å². The Labute approximate surface area is 198 Å². The number of rotatable bonds is 6. The quantitative estimate of drug-likeness (QED) is 0.501. The third kappa shape index (κ3) is 5.48. The number of allylic oxidation sites excluding steroid dienone is 1. The zero-order valence-corrected chi connectivity index (χ0v) is 19.5. The third-order valence-corrected chi connectivity index (χ3v) is 6.11. The normalized spacial score (nSPS) is 14.6. The number of hydrogen-bond acceptors (Lipinski definition) is 7. The molecule has 0 saturated heterocycles. The molecule has 1 aliphatic heterocycles. The Morgan fingerprint density at radius 2 is 2.15 bits per heavy atom. The molecule has 0 amide bonds. The summed E-state index contributed by atoms with van der Waals surface area (Å²) in [6.45, 7) is 2.83. The molecule has 11 heteroatoms. The first kappa shape index (κ1) is 24.0. The van der Waals surface area contributed by atoms with Crippen molar-refractivity contribution >= 4 is 23.1 Å². The lowest BCUT2D eigenvalue weighted by molar-refractivity contribution is -0.140. The molecule has 0 spiro atoms. The van der Waals surface area contributed by atoms with E-state index in [1.807, 2.05) is 18.2 Å². The highest BCUT2D eigenvalue weighted by molar-refractivity contribution is 7.15. The average molecular weight is 492 g/mol. The summed E-state index contributed by atoms with van der Waals surface area (Å²) in [7, 11) is 0. The molecule has 7 nitrogen and oxygen atoms in total. The van der Waals surface area contributed by atoms with Gasteiger partial charge in [-0.3, -0.25) is 4.99 Å². The smallest absolute Gasteiger partial charge is 0.406 e. The molecule has 0 aliphatic carbocycles. The molecule has 0 fully saturated rings. The van der Waals surface area contributed by atoms with Crippen LogP contribution in [0.25, 0.3) is 27.7 Å².